The van der Waals surface area contributed by atoms with Crippen LogP contribution in [-0.2, 0) is 13.1 Å². The molecule has 5 nitrogen and oxygen atoms in total. The number of nitrogens with zero attached hydrogens (tertiary/aromatic N) is 2. The average molecular weight is 404 g/mol. The lowest BCUT2D eigenvalue weighted by atomic mass is 9.94. The monoisotopic (exact) mass is 403 g/mol. The minimum absolute atomic E-state index is 0.325. The zero-order chi connectivity index (χ0) is 19.8. The van der Waals surface area contributed by atoms with E-state index in [9.17, 15) is 5.11 Å². The van der Waals surface area contributed by atoms with Gasteiger partial charge in [0.15, 0.2) is 0 Å². The number of thiazole rings is 1. The molecule has 1 heterocycles. The van der Waals surface area contributed by atoms with E-state index in [1.165, 1.54) is 37.7 Å². The van der Waals surface area contributed by atoms with Gasteiger partial charge in [-0.25, -0.2) is 4.98 Å². The minimum atomic E-state index is -0.471. The fraction of sp³-hybridized carbons (Fsp3) is 0.591. The van der Waals surface area contributed by atoms with Gasteiger partial charge in [-0.3, -0.25) is 0 Å². The Morgan fingerprint density at radius 1 is 1.29 bits per heavy atom. The van der Waals surface area contributed by atoms with Crippen LogP contribution in [0.15, 0.2) is 29.6 Å². The molecule has 1 aromatic carbocycles. The lowest BCUT2D eigenvalue weighted by molar-refractivity contribution is 0.0561. The Kier molecular flexibility index (Phi) is 8.27. The van der Waals surface area contributed by atoms with E-state index >= 15 is 0 Å². The first-order valence-electron chi connectivity index (χ1n) is 10.3. The van der Waals surface area contributed by atoms with Crippen LogP contribution in [0.2, 0.25) is 0 Å². The van der Waals surface area contributed by atoms with Crippen LogP contribution in [0.25, 0.3) is 0 Å². The highest BCUT2D eigenvalue weighted by Crippen LogP contribution is 2.22. The third-order valence-electron chi connectivity index (χ3n) is 5.34. The number of ether oxygens (including phenoxy) is 1. The van der Waals surface area contributed by atoms with Gasteiger partial charge in [0, 0.05) is 31.1 Å². The van der Waals surface area contributed by atoms with Gasteiger partial charge in [-0.15, -0.1) is 11.3 Å². The van der Waals surface area contributed by atoms with Crippen LogP contribution < -0.4 is 10.1 Å². The van der Waals surface area contributed by atoms with E-state index in [1.807, 2.05) is 25.1 Å². The predicted molar refractivity (Wildman–Crippen MR) is 115 cm³/mol. The molecule has 1 atom stereocenters. The first kappa shape index (κ1) is 21.2. The topological polar surface area (TPSA) is 57.6 Å². The summed E-state index contributed by atoms with van der Waals surface area (Å²) in [5.41, 5.74) is 2.25. The lowest BCUT2D eigenvalue weighted by Gasteiger charge is -2.32. The second-order valence-electron chi connectivity index (χ2n) is 7.81. The van der Waals surface area contributed by atoms with E-state index in [0.717, 1.165) is 29.5 Å². The van der Waals surface area contributed by atoms with Gasteiger partial charge in [-0.1, -0.05) is 31.4 Å². The van der Waals surface area contributed by atoms with Crippen molar-refractivity contribution in [1.82, 2.24) is 15.2 Å². The summed E-state index contributed by atoms with van der Waals surface area (Å²) in [7, 11) is 2.12. The first-order chi connectivity index (χ1) is 13.6. The Hall–Kier alpha value is -1.47. The van der Waals surface area contributed by atoms with Crippen molar-refractivity contribution in [3.05, 3.63) is 45.9 Å². The molecule has 28 heavy (non-hydrogen) atoms. The van der Waals surface area contributed by atoms with Crippen molar-refractivity contribution >= 4 is 11.3 Å². The molecule has 6 heteroatoms. The van der Waals surface area contributed by atoms with E-state index < -0.39 is 6.10 Å². The van der Waals surface area contributed by atoms with Crippen molar-refractivity contribution in [2.75, 3.05) is 20.2 Å². The van der Waals surface area contributed by atoms with Gasteiger partial charge in [-0.05, 0) is 44.5 Å². The Morgan fingerprint density at radius 3 is 2.86 bits per heavy atom. The van der Waals surface area contributed by atoms with E-state index in [4.69, 9.17) is 4.74 Å². The average Bonchev–Trinajstić information content (AvgIpc) is 3.12. The van der Waals surface area contributed by atoms with Gasteiger partial charge in [0.2, 0.25) is 0 Å². The van der Waals surface area contributed by atoms with Gasteiger partial charge in [0.05, 0.1) is 10.7 Å². The fourth-order valence-corrected chi connectivity index (χ4v) is 4.43. The molecule has 0 saturated heterocycles. The van der Waals surface area contributed by atoms with Crippen molar-refractivity contribution in [3.8, 4) is 5.75 Å². The molecule has 3 rings (SSSR count). The predicted octanol–water partition coefficient (Wildman–Crippen LogP) is 3.75. The highest BCUT2D eigenvalue weighted by Gasteiger charge is 2.20. The van der Waals surface area contributed by atoms with E-state index in [0.29, 0.717) is 19.2 Å². The molecule has 1 aliphatic carbocycles. The summed E-state index contributed by atoms with van der Waals surface area (Å²) in [5, 5.41) is 17.0. The molecule has 2 N–H and O–H groups in total. The maximum Gasteiger partial charge on any atom is 0.119 e. The van der Waals surface area contributed by atoms with Gasteiger partial charge >= 0.3 is 0 Å². The fourth-order valence-electron chi connectivity index (χ4n) is 3.82. The third kappa shape index (κ3) is 6.85. The van der Waals surface area contributed by atoms with Crippen LogP contribution >= 0.6 is 11.3 Å². The Balaban J connectivity index is 1.39. The summed E-state index contributed by atoms with van der Waals surface area (Å²) in [4.78, 5) is 6.76. The molecule has 0 bridgehead atoms. The molecule has 1 fully saturated rings. The second kappa shape index (κ2) is 10.9. The Labute approximate surface area is 172 Å². The maximum absolute atomic E-state index is 10.4. The van der Waals surface area contributed by atoms with Gasteiger partial charge in [0.1, 0.15) is 18.5 Å². The third-order valence-corrected chi connectivity index (χ3v) is 6.16. The standard InChI is InChI=1S/C22H33N3O2S/c1-17-24-19(16-28-17)13-23-12-18-7-6-10-22(11-18)27-15-21(26)14-25(2)20-8-4-3-5-9-20/h6-7,10-11,16,20-21,23,26H,3-5,8-9,12-15H2,1-2H3. The largest absolute Gasteiger partial charge is 0.491 e. The van der Waals surface area contributed by atoms with E-state index in [2.05, 4.69) is 33.7 Å². The van der Waals surface area contributed by atoms with Crippen LogP contribution in [0.3, 0.4) is 0 Å². The van der Waals surface area contributed by atoms with E-state index in [1.54, 1.807) is 11.3 Å². The second-order valence-corrected chi connectivity index (χ2v) is 8.87. The normalized spacial score (nSPS) is 16.4. The van der Waals surface area contributed by atoms with Crippen LogP contribution in [0.1, 0.15) is 48.4 Å². The number of aliphatic hydroxyl groups excluding tert-OH is 1. The summed E-state index contributed by atoms with van der Waals surface area (Å²) in [6.07, 6.45) is 6.00. The quantitative estimate of drug-likeness (QED) is 0.633. The number of nitrogens with one attached hydrogen (secondary N) is 1. The summed E-state index contributed by atoms with van der Waals surface area (Å²) in [6, 6.07) is 8.68. The van der Waals surface area contributed by atoms with Crippen LogP contribution in [0.5, 0.6) is 5.75 Å². The molecular weight excluding hydrogens is 370 g/mol. The number of hydrogen-bond donors (Lipinski definition) is 2. The van der Waals surface area contributed by atoms with Crippen LogP contribution in [0, 0.1) is 6.92 Å². The zero-order valence-corrected chi connectivity index (χ0v) is 17.9. The highest BCUT2D eigenvalue weighted by molar-refractivity contribution is 7.09. The molecule has 154 valence electrons. The Morgan fingerprint density at radius 2 is 2.11 bits per heavy atom. The van der Waals surface area contributed by atoms with Gasteiger partial charge < -0.3 is 20.1 Å². The SMILES string of the molecule is Cc1nc(CNCc2cccc(OCC(O)CN(C)C3CCCCC3)c2)cs1. The molecule has 0 aliphatic heterocycles. The molecule has 0 amide bonds. The van der Waals surface area contributed by atoms with Gasteiger partial charge in [0.25, 0.3) is 0 Å². The molecule has 1 saturated carbocycles. The van der Waals surface area contributed by atoms with Crippen molar-refractivity contribution in [2.45, 2.75) is 64.3 Å². The van der Waals surface area contributed by atoms with Crippen molar-refractivity contribution in [1.29, 1.82) is 0 Å². The number of hydrogen-bond acceptors (Lipinski definition) is 6. The first-order valence-corrected chi connectivity index (χ1v) is 11.2. The summed E-state index contributed by atoms with van der Waals surface area (Å²) in [6.45, 7) is 4.55. The lowest BCUT2D eigenvalue weighted by Crippen LogP contribution is -2.40. The molecule has 1 aliphatic rings. The number of benzene rings is 1. The molecule has 2 aromatic rings. The molecule has 0 radical (unpaired) electrons. The number of likely N-dealkylation sites (N-methyl/N-ethyl adjacent to an activating group) is 1. The summed E-state index contributed by atoms with van der Waals surface area (Å²) in [5.74, 6) is 0.808. The van der Waals surface area contributed by atoms with Crippen molar-refractivity contribution in [3.63, 3.8) is 0 Å². The molecular formula is C22H33N3O2S. The maximum atomic E-state index is 10.4. The Bertz CT molecular complexity index is 715. The smallest absolute Gasteiger partial charge is 0.119 e. The zero-order valence-electron chi connectivity index (χ0n) is 17.1. The molecule has 0 spiro atoms. The number of aromatic nitrogens is 1. The number of rotatable bonds is 10. The van der Waals surface area contributed by atoms with Gasteiger partial charge in [-0.2, -0.15) is 0 Å². The van der Waals surface area contributed by atoms with Crippen molar-refractivity contribution < 1.29 is 9.84 Å². The van der Waals surface area contributed by atoms with E-state index in [-0.39, 0.29) is 0 Å². The van der Waals surface area contributed by atoms with Crippen molar-refractivity contribution in [2.24, 2.45) is 0 Å². The number of aliphatic hydroxyl groups is 1. The molecule has 1 unspecified atom stereocenters. The van der Waals surface area contributed by atoms with Crippen LogP contribution in [0.4, 0.5) is 0 Å². The summed E-state index contributed by atoms with van der Waals surface area (Å²) >= 11 is 1.68. The highest BCUT2D eigenvalue weighted by atomic mass is 32.1. The van der Waals surface area contributed by atoms with Crippen LogP contribution in [-0.4, -0.2) is 47.3 Å². The minimum Gasteiger partial charge on any atom is -0.491 e. The number of aryl methyl sites for hydroxylation is 1. The molecule has 1 aromatic heterocycles. The summed E-state index contributed by atoms with van der Waals surface area (Å²) < 4.78 is 5.85.